The number of nitrogens with one attached hydrogen (secondary N) is 2. The maximum absolute atomic E-state index is 13.4. The number of nitrogens with two attached hydrogens (primary N) is 1. The molecule has 3 heterocycles. The van der Waals surface area contributed by atoms with Crippen LogP contribution in [-0.4, -0.2) is 76.8 Å². The van der Waals surface area contributed by atoms with Crippen LogP contribution in [0.3, 0.4) is 0 Å². The molecule has 36 heavy (non-hydrogen) atoms. The summed E-state index contributed by atoms with van der Waals surface area (Å²) in [7, 11) is 1.22. The zero-order valence-electron chi connectivity index (χ0n) is 20.2. The number of H-pyrrole nitrogens is 1. The highest BCUT2D eigenvalue weighted by Gasteiger charge is 2.52. The van der Waals surface area contributed by atoms with E-state index in [-0.39, 0.29) is 18.4 Å². The van der Waals surface area contributed by atoms with Crippen LogP contribution in [0.1, 0.15) is 32.1 Å². The van der Waals surface area contributed by atoms with Gasteiger partial charge in [-0.15, -0.1) is 0 Å². The third-order valence-electron chi connectivity index (χ3n) is 5.87. The van der Waals surface area contributed by atoms with Crippen LogP contribution >= 0.6 is 15.9 Å². The Labute approximate surface area is 216 Å². The Morgan fingerprint density at radius 1 is 1.28 bits per heavy atom. The molecule has 3 amide bonds. The van der Waals surface area contributed by atoms with Crippen molar-refractivity contribution in [2.45, 2.75) is 38.1 Å². The van der Waals surface area contributed by atoms with Crippen molar-refractivity contribution in [3.63, 3.8) is 0 Å². The van der Waals surface area contributed by atoms with Gasteiger partial charge in [-0.25, -0.2) is 14.6 Å². The van der Waals surface area contributed by atoms with Crippen molar-refractivity contribution in [1.82, 2.24) is 20.2 Å². The average molecular weight is 568 g/mol. The number of imidazole rings is 1. The van der Waals surface area contributed by atoms with Crippen molar-refractivity contribution in [1.29, 1.82) is 0 Å². The van der Waals surface area contributed by atoms with Gasteiger partial charge in [0.05, 0.1) is 44.8 Å². The highest BCUT2D eigenvalue weighted by molar-refractivity contribution is 9.10. The summed E-state index contributed by atoms with van der Waals surface area (Å²) in [5.41, 5.74) is 6.22. The molecule has 4 rings (SSSR count). The second-order valence-corrected chi connectivity index (χ2v) is 9.59. The Bertz CT molecular complexity index is 1070. The van der Waals surface area contributed by atoms with E-state index in [1.54, 1.807) is 24.9 Å². The summed E-state index contributed by atoms with van der Waals surface area (Å²) >= 11 is 3.43. The smallest absolute Gasteiger partial charge is 0.405 e. The summed E-state index contributed by atoms with van der Waals surface area (Å²) in [6.07, 6.45) is 0.175. The molecule has 5 N–H and O–H groups in total. The van der Waals surface area contributed by atoms with Gasteiger partial charge in [-0.1, -0.05) is 41.9 Å². The minimum atomic E-state index is -1.23. The Balaban J connectivity index is 0.000000658. The molecule has 0 bridgehead atoms. The molecule has 2 aliphatic heterocycles. The lowest BCUT2D eigenvalue weighted by Crippen LogP contribution is -2.51. The lowest BCUT2D eigenvalue weighted by atomic mass is 10.0. The molecule has 0 radical (unpaired) electrons. The van der Waals surface area contributed by atoms with Crippen LogP contribution < -0.4 is 11.1 Å². The summed E-state index contributed by atoms with van der Waals surface area (Å²) in [5.74, 6) is -0.823. The van der Waals surface area contributed by atoms with E-state index >= 15 is 0 Å². The van der Waals surface area contributed by atoms with Crippen LogP contribution in [0.2, 0.25) is 0 Å². The second-order valence-electron chi connectivity index (χ2n) is 8.68. The minimum Gasteiger partial charge on any atom is -0.465 e. The predicted molar refractivity (Wildman–Crippen MR) is 132 cm³/mol. The van der Waals surface area contributed by atoms with E-state index < -0.39 is 30.1 Å². The molecule has 12 nitrogen and oxygen atoms in total. The standard InChI is InChI=1S/C21H25BrN4O5.C2H5NO2/c1-12(2)17(25-20(28)29)19(27)26-11-21(30-7-8-31-21)9-16(26)18-23-10-15(24-18)13-3-5-14(22)6-4-13;1-5-2(3)4/h3-6,10,12,16-17,25H,7-9,11H2,1-2H3,(H,23,24)(H,28,29);1H3,(H2,3,4)/t16-,17-;/m0./s1. The maximum atomic E-state index is 13.4. The molecule has 2 saturated heterocycles. The van der Waals surface area contributed by atoms with Crippen molar-refractivity contribution in [3.05, 3.63) is 40.8 Å². The number of aromatic nitrogens is 2. The first kappa shape index (κ1) is 27.4. The van der Waals surface area contributed by atoms with Gasteiger partial charge in [0.2, 0.25) is 5.91 Å². The van der Waals surface area contributed by atoms with Crippen molar-refractivity contribution in [2.24, 2.45) is 11.7 Å². The fourth-order valence-corrected chi connectivity index (χ4v) is 4.39. The number of nitrogens with zero attached hydrogens (tertiary/aromatic N) is 2. The van der Waals surface area contributed by atoms with Gasteiger partial charge in [-0.05, 0) is 23.6 Å². The molecule has 2 aromatic rings. The molecular weight excluding hydrogens is 538 g/mol. The van der Waals surface area contributed by atoms with Gasteiger partial charge in [0.25, 0.3) is 0 Å². The second kappa shape index (κ2) is 11.7. The molecule has 2 aliphatic rings. The zero-order chi connectivity index (χ0) is 26.5. The minimum absolute atomic E-state index is 0.218. The van der Waals surface area contributed by atoms with E-state index in [1.165, 1.54) is 7.11 Å². The number of primary amides is 1. The summed E-state index contributed by atoms with van der Waals surface area (Å²) in [6.45, 7) is 4.74. The lowest BCUT2D eigenvalue weighted by molar-refractivity contribution is -0.153. The van der Waals surface area contributed by atoms with Gasteiger partial charge in [0, 0.05) is 10.9 Å². The number of ether oxygens (including phenoxy) is 3. The number of hydrogen-bond acceptors (Lipinski definition) is 7. The summed E-state index contributed by atoms with van der Waals surface area (Å²) < 4.78 is 16.6. The number of methoxy groups -OCH3 is 1. The maximum Gasteiger partial charge on any atom is 0.405 e. The van der Waals surface area contributed by atoms with Crippen molar-refractivity contribution < 1.29 is 33.7 Å². The number of rotatable bonds is 5. The normalized spacial score (nSPS) is 19.0. The number of likely N-dealkylation sites (tertiary alicyclic amines) is 1. The largest absolute Gasteiger partial charge is 0.465 e. The Morgan fingerprint density at radius 2 is 1.89 bits per heavy atom. The van der Waals surface area contributed by atoms with E-state index in [0.29, 0.717) is 25.5 Å². The molecule has 2 fully saturated rings. The Hall–Kier alpha value is -3.16. The van der Waals surface area contributed by atoms with Gasteiger partial charge < -0.3 is 40.3 Å². The number of amides is 3. The molecule has 2 atom stereocenters. The number of benzene rings is 1. The first-order valence-corrected chi connectivity index (χ1v) is 12.1. The van der Waals surface area contributed by atoms with Crippen molar-refractivity contribution in [2.75, 3.05) is 26.9 Å². The summed E-state index contributed by atoms with van der Waals surface area (Å²) in [6, 6.07) is 6.52. The summed E-state index contributed by atoms with van der Waals surface area (Å²) in [4.78, 5) is 43.5. The van der Waals surface area contributed by atoms with Crippen LogP contribution in [0.4, 0.5) is 9.59 Å². The fourth-order valence-electron chi connectivity index (χ4n) is 4.13. The molecule has 13 heteroatoms. The van der Waals surface area contributed by atoms with Gasteiger partial charge in [-0.2, -0.15) is 0 Å². The molecule has 0 unspecified atom stereocenters. The number of aromatic amines is 1. The molecule has 0 saturated carbocycles. The Morgan fingerprint density at radius 3 is 2.42 bits per heavy atom. The molecule has 1 aromatic heterocycles. The molecule has 1 spiro atoms. The third-order valence-corrected chi connectivity index (χ3v) is 6.40. The average Bonchev–Trinajstić information content (AvgIpc) is 3.58. The first-order chi connectivity index (χ1) is 17.0. The molecule has 0 aliphatic carbocycles. The summed E-state index contributed by atoms with van der Waals surface area (Å²) in [5, 5.41) is 11.6. The van der Waals surface area contributed by atoms with Gasteiger partial charge in [-0.3, -0.25) is 4.79 Å². The first-order valence-electron chi connectivity index (χ1n) is 11.3. The lowest BCUT2D eigenvalue weighted by Gasteiger charge is -2.29. The topological polar surface area (TPSA) is 169 Å². The van der Waals surface area contributed by atoms with Crippen LogP contribution in [0.15, 0.2) is 34.9 Å². The SMILES string of the molecule is CC(C)[C@H](NC(=O)O)C(=O)N1CC2(C[C@H]1c1ncc(-c3ccc(Br)cc3)[nH]1)OCCO2.COC(N)=O. The third kappa shape index (κ3) is 6.53. The van der Waals surface area contributed by atoms with Crippen LogP contribution in [0.25, 0.3) is 11.3 Å². The number of carbonyl (C=O) groups excluding carboxylic acids is 2. The fraction of sp³-hybridized carbons (Fsp3) is 0.478. The highest BCUT2D eigenvalue weighted by Crippen LogP contribution is 2.42. The molecular formula is C23H30BrN5O7. The monoisotopic (exact) mass is 567 g/mol. The van der Waals surface area contributed by atoms with Crippen molar-refractivity contribution in [3.8, 4) is 11.3 Å². The van der Waals surface area contributed by atoms with E-state index in [0.717, 1.165) is 15.7 Å². The quantitative estimate of drug-likeness (QED) is 0.427. The van der Waals surface area contributed by atoms with Crippen molar-refractivity contribution >= 4 is 34.0 Å². The van der Waals surface area contributed by atoms with Crippen LogP contribution in [-0.2, 0) is 19.0 Å². The van der Waals surface area contributed by atoms with Crippen LogP contribution in [0, 0.1) is 5.92 Å². The van der Waals surface area contributed by atoms with E-state index in [1.807, 2.05) is 24.3 Å². The van der Waals surface area contributed by atoms with Gasteiger partial charge >= 0.3 is 12.2 Å². The van der Waals surface area contributed by atoms with E-state index in [2.05, 4.69) is 41.7 Å². The highest BCUT2D eigenvalue weighted by atomic mass is 79.9. The number of hydrogen-bond donors (Lipinski definition) is 4. The van der Waals surface area contributed by atoms with Gasteiger partial charge in [0.15, 0.2) is 5.79 Å². The van der Waals surface area contributed by atoms with Gasteiger partial charge in [0.1, 0.15) is 11.9 Å². The number of carbonyl (C=O) groups is 3. The van der Waals surface area contributed by atoms with E-state index in [9.17, 15) is 19.5 Å². The zero-order valence-corrected chi connectivity index (χ0v) is 21.8. The van der Waals surface area contributed by atoms with E-state index in [4.69, 9.17) is 9.47 Å². The predicted octanol–water partition coefficient (Wildman–Crippen LogP) is 2.86. The molecule has 196 valence electrons. The molecule has 1 aromatic carbocycles. The Kier molecular flexibility index (Phi) is 8.93. The van der Waals surface area contributed by atoms with Crippen LogP contribution in [0.5, 0.6) is 0 Å². The number of carboxylic acid groups (broad SMARTS) is 1. The number of halogens is 1.